The molecule has 1 aromatic rings. The number of benzene rings is 1. The minimum Gasteiger partial charge on any atom is -0.396 e. The van der Waals surface area contributed by atoms with E-state index >= 15 is 0 Å². The highest BCUT2D eigenvalue weighted by Gasteiger charge is 2.24. The van der Waals surface area contributed by atoms with Crippen LogP contribution in [-0.2, 0) is 4.79 Å². The minimum atomic E-state index is -0.125. The van der Waals surface area contributed by atoms with Crippen LogP contribution in [0.25, 0.3) is 6.08 Å². The van der Waals surface area contributed by atoms with E-state index < -0.39 is 0 Å². The number of rotatable bonds is 5. The van der Waals surface area contributed by atoms with E-state index in [4.69, 9.17) is 5.11 Å². The Morgan fingerprint density at radius 2 is 2.10 bits per heavy atom. The lowest BCUT2D eigenvalue weighted by Gasteiger charge is -2.30. The van der Waals surface area contributed by atoms with Crippen molar-refractivity contribution in [2.24, 2.45) is 5.41 Å². The second-order valence-corrected chi connectivity index (χ2v) is 6.19. The fourth-order valence-corrected chi connectivity index (χ4v) is 2.02. The Hall–Kier alpha value is -1.61. The molecule has 20 heavy (non-hydrogen) atoms. The first-order valence-electron chi connectivity index (χ1n) is 6.99. The van der Waals surface area contributed by atoms with Crippen LogP contribution in [0.4, 0.5) is 0 Å². The van der Waals surface area contributed by atoms with Crippen molar-refractivity contribution in [2.45, 2.75) is 40.2 Å². The summed E-state index contributed by atoms with van der Waals surface area (Å²) in [4.78, 5) is 12.0. The lowest BCUT2D eigenvalue weighted by Crippen LogP contribution is -2.43. The Balaban J connectivity index is 2.66. The highest BCUT2D eigenvalue weighted by Crippen LogP contribution is 2.21. The zero-order valence-corrected chi connectivity index (χ0v) is 12.8. The van der Waals surface area contributed by atoms with Crippen LogP contribution in [0.5, 0.6) is 0 Å². The fraction of sp³-hybridized carbons (Fsp3) is 0.471. The Kier molecular flexibility index (Phi) is 5.96. The topological polar surface area (TPSA) is 49.3 Å². The maximum Gasteiger partial charge on any atom is 0.244 e. The predicted molar refractivity (Wildman–Crippen MR) is 83.3 cm³/mol. The van der Waals surface area contributed by atoms with Crippen molar-refractivity contribution in [2.75, 3.05) is 6.61 Å². The average molecular weight is 275 g/mol. The highest BCUT2D eigenvalue weighted by atomic mass is 16.3. The number of aliphatic hydroxyl groups is 1. The molecule has 0 fully saturated rings. The molecule has 0 radical (unpaired) electrons. The minimum absolute atomic E-state index is 0.0397. The largest absolute Gasteiger partial charge is 0.396 e. The number of carbonyl (C=O) groups is 1. The third kappa shape index (κ3) is 5.57. The van der Waals surface area contributed by atoms with Crippen LogP contribution in [0, 0.1) is 12.3 Å². The molecule has 3 heteroatoms. The molecule has 1 aromatic carbocycles. The van der Waals surface area contributed by atoms with Gasteiger partial charge >= 0.3 is 0 Å². The third-order valence-electron chi connectivity index (χ3n) is 3.25. The summed E-state index contributed by atoms with van der Waals surface area (Å²) in [5.74, 6) is -0.125. The van der Waals surface area contributed by atoms with E-state index in [1.54, 1.807) is 12.2 Å². The standard InChI is InChI=1S/C17H25NO2/c1-13-6-5-7-14(12-13)8-9-16(20)18-15(10-11-19)17(2,3)4/h5-9,12,15,19H,10-11H2,1-4H3,(H,18,20)/b9-8+. The van der Waals surface area contributed by atoms with Crippen LogP contribution >= 0.6 is 0 Å². The number of hydrogen-bond acceptors (Lipinski definition) is 2. The van der Waals surface area contributed by atoms with Crippen molar-refractivity contribution >= 4 is 12.0 Å². The lowest BCUT2D eigenvalue weighted by molar-refractivity contribution is -0.118. The van der Waals surface area contributed by atoms with Crippen LogP contribution in [0.3, 0.4) is 0 Å². The summed E-state index contributed by atoms with van der Waals surface area (Å²) in [7, 11) is 0. The molecule has 2 N–H and O–H groups in total. The molecule has 0 bridgehead atoms. The summed E-state index contributed by atoms with van der Waals surface area (Å²) in [5.41, 5.74) is 2.10. The molecule has 3 nitrogen and oxygen atoms in total. The summed E-state index contributed by atoms with van der Waals surface area (Å²) >= 11 is 0. The first-order valence-corrected chi connectivity index (χ1v) is 6.99. The lowest BCUT2D eigenvalue weighted by atomic mass is 9.85. The molecule has 0 heterocycles. The van der Waals surface area contributed by atoms with Crippen molar-refractivity contribution in [3.8, 4) is 0 Å². The number of hydrogen-bond donors (Lipinski definition) is 2. The molecule has 1 atom stereocenters. The van der Waals surface area contributed by atoms with Gasteiger partial charge in [-0.25, -0.2) is 0 Å². The maximum atomic E-state index is 12.0. The van der Waals surface area contributed by atoms with Gasteiger partial charge in [0.05, 0.1) is 0 Å². The monoisotopic (exact) mass is 275 g/mol. The number of nitrogens with one attached hydrogen (secondary N) is 1. The molecule has 0 aliphatic heterocycles. The molecule has 1 rings (SSSR count). The van der Waals surface area contributed by atoms with Gasteiger partial charge in [-0.1, -0.05) is 50.6 Å². The van der Waals surface area contributed by atoms with E-state index in [1.807, 2.05) is 31.2 Å². The van der Waals surface area contributed by atoms with Crippen molar-refractivity contribution in [3.63, 3.8) is 0 Å². The van der Waals surface area contributed by atoms with Crippen LogP contribution in [0.15, 0.2) is 30.3 Å². The summed E-state index contributed by atoms with van der Waals surface area (Å²) in [5, 5.41) is 12.0. The molecule has 110 valence electrons. The van der Waals surface area contributed by atoms with E-state index in [9.17, 15) is 4.79 Å². The molecule has 0 aromatic heterocycles. The number of aryl methyl sites for hydroxylation is 1. The van der Waals surface area contributed by atoms with E-state index in [-0.39, 0.29) is 24.0 Å². The fourth-order valence-electron chi connectivity index (χ4n) is 2.02. The van der Waals surface area contributed by atoms with Crippen molar-refractivity contribution in [1.82, 2.24) is 5.32 Å². The van der Waals surface area contributed by atoms with Gasteiger partial charge in [-0.2, -0.15) is 0 Å². The van der Waals surface area contributed by atoms with Gasteiger partial charge in [0.25, 0.3) is 0 Å². The van der Waals surface area contributed by atoms with E-state index in [0.29, 0.717) is 6.42 Å². The Morgan fingerprint density at radius 1 is 1.40 bits per heavy atom. The summed E-state index contributed by atoms with van der Waals surface area (Å²) in [6, 6.07) is 7.94. The number of amides is 1. The van der Waals surface area contributed by atoms with Gasteiger partial charge in [-0.05, 0) is 30.4 Å². The van der Waals surface area contributed by atoms with Gasteiger partial charge in [0.2, 0.25) is 5.91 Å². The van der Waals surface area contributed by atoms with E-state index in [0.717, 1.165) is 5.56 Å². The molecular formula is C17H25NO2. The van der Waals surface area contributed by atoms with Gasteiger partial charge < -0.3 is 10.4 Å². The van der Waals surface area contributed by atoms with Crippen molar-refractivity contribution in [1.29, 1.82) is 0 Å². The second-order valence-electron chi connectivity index (χ2n) is 6.19. The Labute approximate surface area is 121 Å². The second kappa shape index (κ2) is 7.25. The van der Waals surface area contributed by atoms with Crippen LogP contribution in [-0.4, -0.2) is 23.7 Å². The Morgan fingerprint density at radius 3 is 2.65 bits per heavy atom. The van der Waals surface area contributed by atoms with E-state index in [2.05, 4.69) is 26.1 Å². The third-order valence-corrected chi connectivity index (χ3v) is 3.25. The SMILES string of the molecule is Cc1cccc(/C=C/C(=O)NC(CCO)C(C)(C)C)c1. The highest BCUT2D eigenvalue weighted by molar-refractivity contribution is 5.91. The molecule has 0 saturated carbocycles. The van der Waals surface area contributed by atoms with Crippen molar-refractivity contribution < 1.29 is 9.90 Å². The molecular weight excluding hydrogens is 250 g/mol. The first-order chi connectivity index (χ1) is 9.32. The zero-order valence-electron chi connectivity index (χ0n) is 12.8. The summed E-state index contributed by atoms with van der Waals surface area (Å²) < 4.78 is 0. The quantitative estimate of drug-likeness (QED) is 0.812. The molecule has 0 saturated heterocycles. The smallest absolute Gasteiger partial charge is 0.244 e. The van der Waals surface area contributed by atoms with Crippen LogP contribution in [0.1, 0.15) is 38.3 Å². The van der Waals surface area contributed by atoms with Gasteiger partial charge in [-0.3, -0.25) is 4.79 Å². The van der Waals surface area contributed by atoms with E-state index in [1.165, 1.54) is 5.56 Å². The molecule has 1 amide bonds. The van der Waals surface area contributed by atoms with Gasteiger partial charge in [0.15, 0.2) is 0 Å². The molecule has 1 unspecified atom stereocenters. The van der Waals surface area contributed by atoms with Crippen LogP contribution in [0.2, 0.25) is 0 Å². The molecule has 0 spiro atoms. The number of aliphatic hydroxyl groups excluding tert-OH is 1. The summed E-state index contributed by atoms with van der Waals surface area (Å²) in [6.07, 6.45) is 3.92. The maximum absolute atomic E-state index is 12.0. The Bertz CT molecular complexity index is 472. The summed E-state index contributed by atoms with van der Waals surface area (Å²) in [6.45, 7) is 8.26. The average Bonchev–Trinajstić information content (AvgIpc) is 2.35. The molecule has 0 aliphatic rings. The van der Waals surface area contributed by atoms with Crippen molar-refractivity contribution in [3.05, 3.63) is 41.5 Å². The number of carbonyl (C=O) groups excluding carboxylic acids is 1. The van der Waals surface area contributed by atoms with Gasteiger partial charge in [0, 0.05) is 18.7 Å². The molecule has 0 aliphatic carbocycles. The van der Waals surface area contributed by atoms with Gasteiger partial charge in [0.1, 0.15) is 0 Å². The van der Waals surface area contributed by atoms with Gasteiger partial charge in [-0.15, -0.1) is 0 Å². The first kappa shape index (κ1) is 16.4. The normalized spacial score (nSPS) is 13.4. The zero-order chi connectivity index (χ0) is 15.2. The van der Waals surface area contributed by atoms with Crippen LogP contribution < -0.4 is 5.32 Å². The predicted octanol–water partition coefficient (Wildman–Crippen LogP) is 2.92.